The monoisotopic (exact) mass is 300 g/mol. The maximum Gasteiger partial charge on any atom is 0.229 e. The second-order valence-electron chi connectivity index (χ2n) is 3.63. The van der Waals surface area contributed by atoms with Crippen molar-refractivity contribution in [2.45, 2.75) is 6.54 Å². The van der Waals surface area contributed by atoms with Crippen LogP contribution in [0.5, 0.6) is 0 Å². The van der Waals surface area contributed by atoms with E-state index in [0.29, 0.717) is 23.8 Å². The fraction of sp³-hybridized carbons (Fsp3) is 0.200. The number of fused-ring (bicyclic) bond motifs is 1. The molecule has 1 aliphatic heterocycles. The quantitative estimate of drug-likeness (QED) is 0.811. The van der Waals surface area contributed by atoms with Crippen LogP contribution in [-0.2, 0) is 6.54 Å². The number of hydrogen-bond acceptors (Lipinski definition) is 3. The van der Waals surface area contributed by atoms with Gasteiger partial charge in [0.05, 0.1) is 6.54 Å². The standard InChI is InChI=1S/C10H7BrF2N4/c11-9-14-10-16(4-5-17(10)15-9)8-6(12)2-1-3-7(8)13/h1-3H,4-5H2. The lowest BCUT2D eigenvalue weighted by atomic mass is 10.2. The Bertz CT molecular complexity index is 563. The minimum atomic E-state index is -0.599. The fourth-order valence-corrected chi connectivity index (χ4v) is 2.26. The lowest BCUT2D eigenvalue weighted by molar-refractivity contribution is 0.581. The van der Waals surface area contributed by atoms with E-state index in [-0.39, 0.29) is 5.69 Å². The second-order valence-corrected chi connectivity index (χ2v) is 4.34. The van der Waals surface area contributed by atoms with Crippen molar-refractivity contribution in [2.24, 2.45) is 0 Å². The number of aromatic nitrogens is 3. The maximum atomic E-state index is 13.7. The van der Waals surface area contributed by atoms with Crippen LogP contribution in [0.1, 0.15) is 0 Å². The Morgan fingerprint density at radius 3 is 2.59 bits per heavy atom. The Balaban J connectivity index is 2.12. The number of anilines is 2. The Kier molecular flexibility index (Phi) is 2.36. The molecule has 0 amide bonds. The van der Waals surface area contributed by atoms with Crippen LogP contribution in [0.15, 0.2) is 22.9 Å². The second kappa shape index (κ2) is 3.76. The molecule has 0 radical (unpaired) electrons. The first kappa shape index (κ1) is 10.6. The van der Waals surface area contributed by atoms with Gasteiger partial charge in [0, 0.05) is 6.54 Å². The molecule has 0 aliphatic carbocycles. The highest BCUT2D eigenvalue weighted by Gasteiger charge is 2.28. The van der Waals surface area contributed by atoms with Crippen LogP contribution < -0.4 is 4.90 Å². The zero-order valence-corrected chi connectivity index (χ0v) is 10.2. The number of halogens is 3. The van der Waals surface area contributed by atoms with E-state index < -0.39 is 11.6 Å². The van der Waals surface area contributed by atoms with E-state index in [0.717, 1.165) is 0 Å². The Morgan fingerprint density at radius 2 is 1.88 bits per heavy atom. The molecule has 0 fully saturated rings. The first-order chi connectivity index (χ1) is 8.16. The Morgan fingerprint density at radius 1 is 1.18 bits per heavy atom. The van der Waals surface area contributed by atoms with Gasteiger partial charge in [-0.3, -0.25) is 0 Å². The molecular formula is C10H7BrF2N4. The molecule has 2 aromatic rings. The molecule has 0 N–H and O–H groups in total. The number of nitrogens with zero attached hydrogens (tertiary/aromatic N) is 4. The van der Waals surface area contributed by atoms with Gasteiger partial charge in [0.2, 0.25) is 10.7 Å². The fourth-order valence-electron chi connectivity index (χ4n) is 1.91. The van der Waals surface area contributed by atoms with Crippen LogP contribution in [0.4, 0.5) is 20.4 Å². The molecule has 1 aromatic carbocycles. The molecule has 0 spiro atoms. The lowest BCUT2D eigenvalue weighted by Crippen LogP contribution is -2.17. The molecule has 0 saturated heterocycles. The van der Waals surface area contributed by atoms with Gasteiger partial charge in [0.1, 0.15) is 17.3 Å². The minimum Gasteiger partial charge on any atom is -0.304 e. The summed E-state index contributed by atoms with van der Waals surface area (Å²) in [4.78, 5) is 5.58. The number of hydrogen-bond donors (Lipinski definition) is 0. The highest BCUT2D eigenvalue weighted by molar-refractivity contribution is 9.10. The van der Waals surface area contributed by atoms with Gasteiger partial charge in [-0.15, -0.1) is 5.10 Å². The van der Waals surface area contributed by atoms with Crippen molar-refractivity contribution in [1.29, 1.82) is 0 Å². The third-order valence-corrected chi connectivity index (χ3v) is 2.95. The average molecular weight is 301 g/mol. The molecule has 1 aliphatic rings. The predicted molar refractivity (Wildman–Crippen MR) is 61.1 cm³/mol. The van der Waals surface area contributed by atoms with Gasteiger partial charge in [0.25, 0.3) is 0 Å². The van der Waals surface area contributed by atoms with Crippen LogP contribution >= 0.6 is 15.9 Å². The van der Waals surface area contributed by atoms with E-state index in [9.17, 15) is 8.78 Å². The van der Waals surface area contributed by atoms with Gasteiger partial charge in [-0.1, -0.05) is 6.07 Å². The van der Waals surface area contributed by atoms with Crippen LogP contribution in [-0.4, -0.2) is 21.3 Å². The van der Waals surface area contributed by atoms with E-state index in [1.807, 2.05) is 0 Å². The SMILES string of the molecule is Fc1cccc(F)c1N1CCn2nc(Br)nc21. The molecule has 1 aromatic heterocycles. The van der Waals surface area contributed by atoms with Gasteiger partial charge in [-0.05, 0) is 28.1 Å². The summed E-state index contributed by atoms with van der Waals surface area (Å²) in [5.74, 6) is -0.754. The summed E-state index contributed by atoms with van der Waals surface area (Å²) < 4.78 is 29.3. The van der Waals surface area contributed by atoms with Crippen molar-refractivity contribution in [3.8, 4) is 0 Å². The summed E-state index contributed by atoms with van der Waals surface area (Å²) in [7, 11) is 0. The van der Waals surface area contributed by atoms with Crippen molar-refractivity contribution in [3.05, 3.63) is 34.6 Å². The smallest absolute Gasteiger partial charge is 0.229 e. The van der Waals surface area contributed by atoms with Gasteiger partial charge >= 0.3 is 0 Å². The molecule has 4 nitrogen and oxygen atoms in total. The normalized spacial score (nSPS) is 14.2. The molecule has 17 heavy (non-hydrogen) atoms. The van der Waals surface area contributed by atoms with E-state index in [2.05, 4.69) is 26.0 Å². The summed E-state index contributed by atoms with van der Waals surface area (Å²) in [6, 6.07) is 3.80. The Hall–Kier alpha value is -1.50. The number of para-hydroxylation sites is 1. The van der Waals surface area contributed by atoms with E-state index in [4.69, 9.17) is 0 Å². The first-order valence-electron chi connectivity index (χ1n) is 4.99. The highest BCUT2D eigenvalue weighted by atomic mass is 79.9. The van der Waals surface area contributed by atoms with Crippen molar-refractivity contribution >= 4 is 27.6 Å². The third kappa shape index (κ3) is 1.61. The highest BCUT2D eigenvalue weighted by Crippen LogP contribution is 2.32. The van der Waals surface area contributed by atoms with E-state index in [1.165, 1.54) is 23.1 Å². The summed E-state index contributed by atoms with van der Waals surface area (Å²) in [6.45, 7) is 1.02. The molecule has 0 unspecified atom stereocenters. The van der Waals surface area contributed by atoms with Crippen LogP contribution in [0.25, 0.3) is 0 Å². The van der Waals surface area contributed by atoms with Crippen molar-refractivity contribution in [3.63, 3.8) is 0 Å². The zero-order chi connectivity index (χ0) is 12.0. The van der Waals surface area contributed by atoms with E-state index >= 15 is 0 Å². The lowest BCUT2D eigenvalue weighted by Gasteiger charge is -2.16. The van der Waals surface area contributed by atoms with Gasteiger partial charge < -0.3 is 4.90 Å². The summed E-state index contributed by atoms with van der Waals surface area (Å²) in [6.07, 6.45) is 0. The molecule has 0 saturated carbocycles. The molecule has 0 atom stereocenters. The maximum absolute atomic E-state index is 13.7. The Labute approximate surface area is 104 Å². The molecule has 7 heteroatoms. The van der Waals surface area contributed by atoms with Gasteiger partial charge in [0.15, 0.2) is 0 Å². The number of rotatable bonds is 1. The molecule has 3 rings (SSSR count). The van der Waals surface area contributed by atoms with Crippen LogP contribution in [0, 0.1) is 11.6 Å². The van der Waals surface area contributed by atoms with Crippen molar-refractivity contribution in [2.75, 3.05) is 11.4 Å². The summed E-state index contributed by atoms with van der Waals surface area (Å²) in [5, 5.41) is 4.06. The molecule has 88 valence electrons. The van der Waals surface area contributed by atoms with Crippen molar-refractivity contribution < 1.29 is 8.78 Å². The summed E-state index contributed by atoms with van der Waals surface area (Å²) >= 11 is 3.14. The minimum absolute atomic E-state index is 0.0776. The summed E-state index contributed by atoms with van der Waals surface area (Å²) in [5.41, 5.74) is -0.0776. The number of benzene rings is 1. The molecule has 2 heterocycles. The largest absolute Gasteiger partial charge is 0.304 e. The van der Waals surface area contributed by atoms with Crippen molar-refractivity contribution in [1.82, 2.24) is 14.8 Å². The zero-order valence-electron chi connectivity index (χ0n) is 8.57. The van der Waals surface area contributed by atoms with Gasteiger partial charge in [-0.2, -0.15) is 4.98 Å². The van der Waals surface area contributed by atoms with Crippen LogP contribution in [0.3, 0.4) is 0 Å². The van der Waals surface area contributed by atoms with Crippen LogP contribution in [0.2, 0.25) is 0 Å². The average Bonchev–Trinajstić information content (AvgIpc) is 2.78. The topological polar surface area (TPSA) is 34.0 Å². The van der Waals surface area contributed by atoms with Gasteiger partial charge in [-0.25, -0.2) is 13.5 Å². The third-order valence-electron chi connectivity index (χ3n) is 2.61. The molecular weight excluding hydrogens is 294 g/mol. The van der Waals surface area contributed by atoms with E-state index in [1.54, 1.807) is 4.68 Å². The predicted octanol–water partition coefficient (Wildman–Crippen LogP) is 2.47. The first-order valence-corrected chi connectivity index (χ1v) is 5.78. The molecule has 0 bridgehead atoms.